The normalized spacial score (nSPS) is 12.7. The first kappa shape index (κ1) is 11.7. The van der Waals surface area contributed by atoms with E-state index in [2.05, 4.69) is 27.3 Å². The van der Waals surface area contributed by atoms with Gasteiger partial charge in [-0.3, -0.25) is 0 Å². The van der Waals surface area contributed by atoms with Crippen LogP contribution < -0.4 is 5.32 Å². The molecule has 6 nitrogen and oxygen atoms in total. The number of imidazole rings is 1. The van der Waals surface area contributed by atoms with Gasteiger partial charge in [0, 0.05) is 31.2 Å². The van der Waals surface area contributed by atoms with Crippen molar-refractivity contribution in [2.24, 2.45) is 0 Å². The van der Waals surface area contributed by atoms with Crippen LogP contribution in [-0.4, -0.2) is 30.2 Å². The summed E-state index contributed by atoms with van der Waals surface area (Å²) in [5, 5.41) is 7.72. The van der Waals surface area contributed by atoms with E-state index in [4.69, 9.17) is 0 Å². The van der Waals surface area contributed by atoms with E-state index in [-0.39, 0.29) is 6.04 Å². The second-order valence-electron chi connectivity index (χ2n) is 4.70. The first-order chi connectivity index (χ1) is 9.22. The molecule has 0 saturated heterocycles. The molecule has 19 heavy (non-hydrogen) atoms. The number of nitrogens with one attached hydrogen (secondary N) is 1. The van der Waals surface area contributed by atoms with Crippen molar-refractivity contribution in [1.82, 2.24) is 24.1 Å². The number of aryl methyl sites for hydroxylation is 1. The molecular formula is C13H16N6. The molecule has 0 radical (unpaired) electrons. The molecule has 0 aliphatic carbocycles. The maximum absolute atomic E-state index is 4.50. The van der Waals surface area contributed by atoms with Crippen LogP contribution in [-0.2, 0) is 6.54 Å². The van der Waals surface area contributed by atoms with E-state index >= 15 is 0 Å². The fraction of sp³-hybridized carbons (Fsp3) is 0.308. The predicted molar refractivity (Wildman–Crippen MR) is 73.0 cm³/mol. The summed E-state index contributed by atoms with van der Waals surface area (Å²) in [6.45, 7) is 4.95. The monoisotopic (exact) mass is 256 g/mol. The lowest BCUT2D eigenvalue weighted by Gasteiger charge is -2.12. The van der Waals surface area contributed by atoms with Gasteiger partial charge in [0.15, 0.2) is 5.65 Å². The van der Waals surface area contributed by atoms with Gasteiger partial charge in [-0.25, -0.2) is 9.50 Å². The largest absolute Gasteiger partial charge is 0.349 e. The highest BCUT2D eigenvalue weighted by molar-refractivity contribution is 5.49. The van der Waals surface area contributed by atoms with Crippen LogP contribution in [0.2, 0.25) is 0 Å². The van der Waals surface area contributed by atoms with Crippen LogP contribution in [0, 0.1) is 6.92 Å². The zero-order chi connectivity index (χ0) is 13.2. The molecule has 3 aromatic rings. The van der Waals surface area contributed by atoms with Crippen molar-refractivity contribution < 1.29 is 0 Å². The topological polar surface area (TPSA) is 60.0 Å². The van der Waals surface area contributed by atoms with Crippen LogP contribution in [0.1, 0.15) is 12.5 Å². The van der Waals surface area contributed by atoms with Gasteiger partial charge >= 0.3 is 0 Å². The number of fused-ring (bicyclic) bond motifs is 1. The minimum atomic E-state index is 0.229. The van der Waals surface area contributed by atoms with E-state index < -0.39 is 0 Å². The summed E-state index contributed by atoms with van der Waals surface area (Å²) in [6.07, 6.45) is 7.43. The van der Waals surface area contributed by atoms with E-state index in [1.165, 1.54) is 0 Å². The van der Waals surface area contributed by atoms with Crippen LogP contribution in [0.25, 0.3) is 5.65 Å². The molecule has 1 unspecified atom stereocenters. The number of nitrogens with zero attached hydrogens (tertiary/aromatic N) is 5. The van der Waals surface area contributed by atoms with E-state index in [0.717, 1.165) is 17.8 Å². The Morgan fingerprint density at radius 1 is 1.37 bits per heavy atom. The SMILES string of the molecule is Cc1cccn2nc(NC(C)Cn3ccnc3)nc12. The number of rotatable bonds is 4. The minimum absolute atomic E-state index is 0.229. The Bertz CT molecular complexity index is 670. The molecule has 98 valence electrons. The molecule has 3 heterocycles. The highest BCUT2D eigenvalue weighted by atomic mass is 15.3. The Balaban J connectivity index is 1.76. The average molecular weight is 256 g/mol. The first-order valence-electron chi connectivity index (χ1n) is 6.26. The molecule has 0 aromatic carbocycles. The van der Waals surface area contributed by atoms with Crippen LogP contribution in [0.3, 0.4) is 0 Å². The van der Waals surface area contributed by atoms with Crippen molar-refractivity contribution in [1.29, 1.82) is 0 Å². The van der Waals surface area contributed by atoms with Crippen molar-refractivity contribution in [3.63, 3.8) is 0 Å². The molecule has 3 aromatic heterocycles. The highest BCUT2D eigenvalue weighted by Gasteiger charge is 2.08. The van der Waals surface area contributed by atoms with Gasteiger partial charge in [-0.15, -0.1) is 5.10 Å². The Hall–Kier alpha value is -2.37. The summed E-state index contributed by atoms with van der Waals surface area (Å²) in [5.74, 6) is 0.655. The fourth-order valence-corrected chi connectivity index (χ4v) is 2.08. The molecule has 0 amide bonds. The van der Waals surface area contributed by atoms with E-state index in [1.807, 2.05) is 36.0 Å². The number of hydrogen-bond donors (Lipinski definition) is 1. The summed E-state index contributed by atoms with van der Waals surface area (Å²) >= 11 is 0. The van der Waals surface area contributed by atoms with Gasteiger partial charge in [-0.2, -0.15) is 4.98 Å². The lowest BCUT2D eigenvalue weighted by molar-refractivity contribution is 0.615. The van der Waals surface area contributed by atoms with Crippen molar-refractivity contribution in [3.8, 4) is 0 Å². The Morgan fingerprint density at radius 2 is 2.26 bits per heavy atom. The fourth-order valence-electron chi connectivity index (χ4n) is 2.08. The third-order valence-corrected chi connectivity index (χ3v) is 2.98. The van der Waals surface area contributed by atoms with E-state index in [1.54, 1.807) is 17.0 Å². The number of hydrogen-bond acceptors (Lipinski definition) is 4. The Morgan fingerprint density at radius 3 is 3.00 bits per heavy atom. The van der Waals surface area contributed by atoms with Gasteiger partial charge in [0.2, 0.25) is 5.95 Å². The number of pyridine rings is 1. The van der Waals surface area contributed by atoms with Gasteiger partial charge in [-0.05, 0) is 25.5 Å². The maximum Gasteiger partial charge on any atom is 0.243 e. The second-order valence-corrected chi connectivity index (χ2v) is 4.70. The third-order valence-electron chi connectivity index (χ3n) is 2.98. The zero-order valence-electron chi connectivity index (χ0n) is 11.0. The molecule has 6 heteroatoms. The highest BCUT2D eigenvalue weighted by Crippen LogP contribution is 2.10. The van der Waals surface area contributed by atoms with Crippen LogP contribution >= 0.6 is 0 Å². The molecule has 0 fully saturated rings. The Kier molecular flexibility index (Phi) is 2.91. The van der Waals surface area contributed by atoms with Gasteiger partial charge in [-0.1, -0.05) is 6.07 Å². The lowest BCUT2D eigenvalue weighted by atomic mass is 10.3. The van der Waals surface area contributed by atoms with Gasteiger partial charge in [0.25, 0.3) is 0 Å². The smallest absolute Gasteiger partial charge is 0.243 e. The molecule has 0 bridgehead atoms. The summed E-state index contributed by atoms with van der Waals surface area (Å²) < 4.78 is 3.82. The van der Waals surface area contributed by atoms with Gasteiger partial charge in [0.05, 0.1) is 6.33 Å². The standard InChI is InChI=1S/C13H16N6/c1-10-4-3-6-19-12(10)16-13(17-19)15-11(2)8-18-7-5-14-9-18/h3-7,9,11H,8H2,1-2H3,(H,15,17). The van der Waals surface area contributed by atoms with Crippen molar-refractivity contribution in [2.45, 2.75) is 26.4 Å². The first-order valence-corrected chi connectivity index (χ1v) is 6.26. The van der Waals surface area contributed by atoms with Crippen molar-refractivity contribution in [3.05, 3.63) is 42.6 Å². The second kappa shape index (κ2) is 4.72. The van der Waals surface area contributed by atoms with Gasteiger partial charge in [0.1, 0.15) is 0 Å². The van der Waals surface area contributed by atoms with Crippen molar-refractivity contribution in [2.75, 3.05) is 5.32 Å². The minimum Gasteiger partial charge on any atom is -0.349 e. The summed E-state index contributed by atoms with van der Waals surface area (Å²) in [5.41, 5.74) is 2.00. The van der Waals surface area contributed by atoms with Crippen LogP contribution in [0.4, 0.5) is 5.95 Å². The van der Waals surface area contributed by atoms with E-state index in [0.29, 0.717) is 5.95 Å². The molecule has 0 saturated carbocycles. The van der Waals surface area contributed by atoms with Crippen molar-refractivity contribution >= 4 is 11.6 Å². The molecular weight excluding hydrogens is 240 g/mol. The summed E-state index contributed by atoms with van der Waals surface area (Å²) in [6, 6.07) is 4.23. The molecule has 3 rings (SSSR count). The number of aromatic nitrogens is 5. The molecule has 1 N–H and O–H groups in total. The summed E-state index contributed by atoms with van der Waals surface area (Å²) in [7, 11) is 0. The molecule has 0 aliphatic heterocycles. The van der Waals surface area contributed by atoms with Crippen LogP contribution in [0.15, 0.2) is 37.1 Å². The molecule has 0 spiro atoms. The van der Waals surface area contributed by atoms with E-state index in [9.17, 15) is 0 Å². The summed E-state index contributed by atoms with van der Waals surface area (Å²) in [4.78, 5) is 8.53. The third kappa shape index (κ3) is 2.42. The Labute approximate surface area is 111 Å². The maximum atomic E-state index is 4.50. The van der Waals surface area contributed by atoms with Gasteiger partial charge < -0.3 is 9.88 Å². The molecule has 1 atom stereocenters. The lowest BCUT2D eigenvalue weighted by Crippen LogP contribution is -2.22. The number of anilines is 1. The van der Waals surface area contributed by atoms with Crippen LogP contribution in [0.5, 0.6) is 0 Å². The predicted octanol–water partition coefficient (Wildman–Crippen LogP) is 1.73. The average Bonchev–Trinajstić information content (AvgIpc) is 2.98. The zero-order valence-corrected chi connectivity index (χ0v) is 11.0. The quantitative estimate of drug-likeness (QED) is 0.772. The molecule has 0 aliphatic rings.